The first-order valence-electron chi connectivity index (χ1n) is 12.1. The summed E-state index contributed by atoms with van der Waals surface area (Å²) >= 11 is 0. The maximum atomic E-state index is 12.4. The number of hydrogen-bond donors (Lipinski definition) is 0. The van der Waals surface area contributed by atoms with Crippen LogP contribution in [0.25, 0.3) is 0 Å². The van der Waals surface area contributed by atoms with E-state index >= 15 is 0 Å². The van der Waals surface area contributed by atoms with E-state index in [0.29, 0.717) is 12.7 Å². The van der Waals surface area contributed by atoms with Crippen LogP contribution < -0.4 is 0 Å². The van der Waals surface area contributed by atoms with Crippen molar-refractivity contribution in [1.29, 1.82) is 0 Å². The molecule has 0 bridgehead atoms. The molecular formula is C25H40N2O4. The van der Waals surface area contributed by atoms with Gasteiger partial charge in [0.2, 0.25) is 0 Å². The van der Waals surface area contributed by atoms with Crippen LogP contribution in [0.1, 0.15) is 56.9 Å². The minimum Gasteiger partial charge on any atom is -0.445 e. The Morgan fingerprint density at radius 2 is 1.74 bits per heavy atom. The Morgan fingerprint density at radius 3 is 2.48 bits per heavy atom. The number of nitrogens with zero attached hydrogens (tertiary/aromatic N) is 2. The van der Waals surface area contributed by atoms with Crippen molar-refractivity contribution in [2.45, 2.75) is 70.1 Å². The molecule has 3 rings (SSSR count). The fourth-order valence-electron chi connectivity index (χ4n) is 4.44. The molecule has 0 spiro atoms. The Bertz CT molecular complexity index is 613. The van der Waals surface area contributed by atoms with E-state index in [1.165, 1.54) is 25.8 Å². The summed E-state index contributed by atoms with van der Waals surface area (Å²) in [5.74, 6) is 0. The number of benzene rings is 1. The summed E-state index contributed by atoms with van der Waals surface area (Å²) in [5, 5.41) is 0. The Labute approximate surface area is 187 Å². The molecule has 6 nitrogen and oxygen atoms in total. The standard InChI is InChI=1S/C25H40N2O4/c1-26(25(28)31-21-22-9-5-4-6-10-22)23-11-13-24(14-12-23)30-18-8-3-2-7-15-27-16-19-29-20-17-27/h4-6,9-10,23-24H,2-3,7-8,11-21H2,1H3. The average molecular weight is 433 g/mol. The second-order valence-corrected chi connectivity index (χ2v) is 8.82. The van der Waals surface area contributed by atoms with Gasteiger partial charge in [0.05, 0.1) is 19.3 Å². The van der Waals surface area contributed by atoms with Crippen molar-refractivity contribution in [3.63, 3.8) is 0 Å². The summed E-state index contributed by atoms with van der Waals surface area (Å²) in [6.07, 6.45) is 9.09. The van der Waals surface area contributed by atoms with Crippen molar-refractivity contribution in [1.82, 2.24) is 9.80 Å². The van der Waals surface area contributed by atoms with Gasteiger partial charge in [0.25, 0.3) is 0 Å². The van der Waals surface area contributed by atoms with Gasteiger partial charge in [-0.15, -0.1) is 0 Å². The summed E-state index contributed by atoms with van der Waals surface area (Å²) in [6.45, 7) is 6.35. The number of morpholine rings is 1. The minimum atomic E-state index is -0.231. The second-order valence-electron chi connectivity index (χ2n) is 8.82. The molecule has 31 heavy (non-hydrogen) atoms. The molecule has 0 aromatic heterocycles. The van der Waals surface area contributed by atoms with Crippen LogP contribution in [0.15, 0.2) is 30.3 Å². The number of hydrogen-bond acceptors (Lipinski definition) is 5. The third-order valence-corrected chi connectivity index (χ3v) is 6.51. The highest BCUT2D eigenvalue weighted by Gasteiger charge is 2.27. The normalized spacial score (nSPS) is 22.2. The van der Waals surface area contributed by atoms with Gasteiger partial charge in [-0.2, -0.15) is 0 Å². The summed E-state index contributed by atoms with van der Waals surface area (Å²) < 4.78 is 17.0. The van der Waals surface area contributed by atoms with Crippen molar-refractivity contribution >= 4 is 6.09 Å². The van der Waals surface area contributed by atoms with Gasteiger partial charge in [-0.1, -0.05) is 43.2 Å². The summed E-state index contributed by atoms with van der Waals surface area (Å²) in [5.41, 5.74) is 1.02. The lowest BCUT2D eigenvalue weighted by Gasteiger charge is -2.34. The summed E-state index contributed by atoms with van der Waals surface area (Å²) in [6, 6.07) is 10.1. The van der Waals surface area contributed by atoms with Crippen LogP contribution in [0.2, 0.25) is 0 Å². The van der Waals surface area contributed by atoms with Crippen molar-refractivity contribution in [2.24, 2.45) is 0 Å². The highest BCUT2D eigenvalue weighted by atomic mass is 16.6. The van der Waals surface area contributed by atoms with E-state index < -0.39 is 0 Å². The molecule has 0 N–H and O–H groups in total. The molecule has 6 heteroatoms. The smallest absolute Gasteiger partial charge is 0.410 e. The van der Waals surface area contributed by atoms with Gasteiger partial charge in [0, 0.05) is 32.8 Å². The molecule has 0 atom stereocenters. The molecule has 1 heterocycles. The largest absolute Gasteiger partial charge is 0.445 e. The fraction of sp³-hybridized carbons (Fsp3) is 0.720. The predicted octanol–water partition coefficient (Wildman–Crippen LogP) is 4.48. The van der Waals surface area contributed by atoms with Crippen LogP contribution in [0.3, 0.4) is 0 Å². The van der Waals surface area contributed by atoms with Gasteiger partial charge < -0.3 is 19.1 Å². The molecular weight excluding hydrogens is 392 g/mol. The van der Waals surface area contributed by atoms with Crippen molar-refractivity contribution in [3.05, 3.63) is 35.9 Å². The quantitative estimate of drug-likeness (QED) is 0.483. The third-order valence-electron chi connectivity index (χ3n) is 6.51. The average Bonchev–Trinajstić information content (AvgIpc) is 2.83. The lowest BCUT2D eigenvalue weighted by molar-refractivity contribution is 0.00677. The van der Waals surface area contributed by atoms with Crippen LogP contribution >= 0.6 is 0 Å². The van der Waals surface area contributed by atoms with Gasteiger partial charge in [0.15, 0.2) is 0 Å². The molecule has 0 radical (unpaired) electrons. The highest BCUT2D eigenvalue weighted by Crippen LogP contribution is 2.25. The van der Waals surface area contributed by atoms with Gasteiger partial charge in [-0.05, 0) is 50.6 Å². The molecule has 1 amide bonds. The maximum Gasteiger partial charge on any atom is 0.410 e. The summed E-state index contributed by atoms with van der Waals surface area (Å²) in [4.78, 5) is 16.6. The molecule has 1 saturated heterocycles. The molecule has 1 aromatic carbocycles. The molecule has 1 aromatic rings. The maximum absolute atomic E-state index is 12.4. The van der Waals surface area contributed by atoms with E-state index in [4.69, 9.17) is 14.2 Å². The van der Waals surface area contributed by atoms with E-state index in [0.717, 1.165) is 70.6 Å². The van der Waals surface area contributed by atoms with Crippen molar-refractivity contribution in [3.8, 4) is 0 Å². The number of ether oxygens (including phenoxy) is 3. The molecule has 2 aliphatic rings. The van der Waals surface area contributed by atoms with Crippen molar-refractivity contribution in [2.75, 3.05) is 46.5 Å². The lowest BCUT2D eigenvalue weighted by Crippen LogP contribution is -2.41. The van der Waals surface area contributed by atoms with Gasteiger partial charge in [0.1, 0.15) is 6.61 Å². The van der Waals surface area contributed by atoms with Gasteiger partial charge in [-0.3, -0.25) is 4.90 Å². The molecule has 1 aliphatic heterocycles. The van der Waals surface area contributed by atoms with Crippen LogP contribution in [-0.4, -0.2) is 74.5 Å². The number of amides is 1. The number of unbranched alkanes of at least 4 members (excludes halogenated alkanes) is 3. The summed E-state index contributed by atoms with van der Waals surface area (Å²) in [7, 11) is 1.86. The molecule has 174 valence electrons. The monoisotopic (exact) mass is 432 g/mol. The first-order valence-corrected chi connectivity index (χ1v) is 12.1. The van der Waals surface area contributed by atoms with E-state index in [2.05, 4.69) is 4.90 Å². The van der Waals surface area contributed by atoms with Crippen LogP contribution in [0, 0.1) is 0 Å². The van der Waals surface area contributed by atoms with E-state index in [9.17, 15) is 4.79 Å². The molecule has 0 unspecified atom stereocenters. The SMILES string of the molecule is CN(C(=O)OCc1ccccc1)C1CCC(OCCCCCCN2CCOCC2)CC1. The lowest BCUT2D eigenvalue weighted by atomic mass is 9.92. The van der Waals surface area contributed by atoms with Crippen LogP contribution in [0.5, 0.6) is 0 Å². The second kappa shape index (κ2) is 13.7. The first-order chi connectivity index (χ1) is 15.2. The van der Waals surface area contributed by atoms with Crippen LogP contribution in [-0.2, 0) is 20.8 Å². The Balaban J connectivity index is 1.19. The molecule has 1 aliphatic carbocycles. The zero-order valence-corrected chi connectivity index (χ0v) is 19.2. The van der Waals surface area contributed by atoms with E-state index in [-0.39, 0.29) is 12.1 Å². The predicted molar refractivity (Wildman–Crippen MR) is 122 cm³/mol. The van der Waals surface area contributed by atoms with E-state index in [1.54, 1.807) is 4.90 Å². The number of carbonyl (C=O) groups is 1. The van der Waals surface area contributed by atoms with Crippen molar-refractivity contribution < 1.29 is 19.0 Å². The Kier molecular flexibility index (Phi) is 10.6. The molecule has 2 fully saturated rings. The first kappa shape index (κ1) is 24.0. The van der Waals surface area contributed by atoms with E-state index in [1.807, 2.05) is 37.4 Å². The zero-order chi connectivity index (χ0) is 21.7. The van der Waals surface area contributed by atoms with Crippen LogP contribution in [0.4, 0.5) is 4.79 Å². The van der Waals surface area contributed by atoms with Gasteiger partial charge >= 0.3 is 6.09 Å². The zero-order valence-electron chi connectivity index (χ0n) is 19.2. The Morgan fingerprint density at radius 1 is 1.03 bits per heavy atom. The number of carbonyl (C=O) groups excluding carboxylic acids is 1. The third kappa shape index (κ3) is 8.79. The number of rotatable bonds is 11. The topological polar surface area (TPSA) is 51.2 Å². The highest BCUT2D eigenvalue weighted by molar-refractivity contribution is 5.67. The van der Waals surface area contributed by atoms with Gasteiger partial charge in [-0.25, -0.2) is 4.79 Å². The Hall–Kier alpha value is -1.63. The minimum absolute atomic E-state index is 0.231. The fourth-order valence-corrected chi connectivity index (χ4v) is 4.44. The molecule has 1 saturated carbocycles.